The molecular weight excluding hydrogens is 319 g/mol. The first kappa shape index (κ1) is 16.7. The van der Waals surface area contributed by atoms with E-state index in [2.05, 4.69) is 0 Å². The summed E-state index contributed by atoms with van der Waals surface area (Å²) in [6, 6.07) is 21.2. The van der Waals surface area contributed by atoms with Crippen LogP contribution in [0, 0.1) is 5.82 Å². The highest BCUT2D eigenvalue weighted by atomic mass is 19.1. The number of rotatable bonds is 6. The topological polar surface area (TPSA) is 46.5 Å². The second-order valence-electron chi connectivity index (χ2n) is 5.68. The molecule has 0 radical (unpaired) electrons. The van der Waals surface area contributed by atoms with E-state index in [1.807, 2.05) is 60.7 Å². The monoisotopic (exact) mass is 336 g/mol. The number of carboxylic acid groups (broad SMARTS) is 1. The molecule has 3 nitrogen and oxygen atoms in total. The Labute approximate surface area is 145 Å². The third-order valence-electron chi connectivity index (χ3n) is 3.82. The fraction of sp³-hybridized carbons (Fsp3) is 0.0952. The van der Waals surface area contributed by atoms with Gasteiger partial charge in [-0.05, 0) is 23.3 Å². The van der Waals surface area contributed by atoms with Gasteiger partial charge < -0.3 is 9.84 Å². The first-order valence-electron chi connectivity index (χ1n) is 7.90. The van der Waals surface area contributed by atoms with Crippen LogP contribution in [0.1, 0.15) is 27.0 Å². The summed E-state index contributed by atoms with van der Waals surface area (Å²) < 4.78 is 19.7. The molecule has 0 aromatic heterocycles. The maximum Gasteiger partial charge on any atom is 0.339 e. The van der Waals surface area contributed by atoms with Crippen molar-refractivity contribution in [2.45, 2.75) is 13.0 Å². The normalized spacial score (nSPS) is 10.4. The zero-order chi connectivity index (χ0) is 17.6. The van der Waals surface area contributed by atoms with Crippen LogP contribution in [0.4, 0.5) is 4.39 Å². The van der Waals surface area contributed by atoms with E-state index in [1.54, 1.807) is 0 Å². The Morgan fingerprint density at radius 3 is 2.12 bits per heavy atom. The first-order chi connectivity index (χ1) is 12.1. The fourth-order valence-corrected chi connectivity index (χ4v) is 2.66. The summed E-state index contributed by atoms with van der Waals surface area (Å²) in [7, 11) is 0. The molecule has 0 aliphatic carbocycles. The average Bonchev–Trinajstić information content (AvgIpc) is 2.62. The number of halogens is 1. The van der Waals surface area contributed by atoms with E-state index in [-0.39, 0.29) is 17.9 Å². The third kappa shape index (κ3) is 4.23. The minimum Gasteiger partial charge on any atom is -0.488 e. The number of ether oxygens (including phenoxy) is 1. The van der Waals surface area contributed by atoms with E-state index < -0.39 is 11.8 Å². The highest BCUT2D eigenvalue weighted by Gasteiger charge is 2.18. The van der Waals surface area contributed by atoms with Crippen LogP contribution in [0.2, 0.25) is 0 Å². The van der Waals surface area contributed by atoms with Crippen molar-refractivity contribution in [1.82, 2.24) is 0 Å². The smallest absolute Gasteiger partial charge is 0.339 e. The highest BCUT2D eigenvalue weighted by molar-refractivity contribution is 5.91. The number of benzene rings is 3. The Morgan fingerprint density at radius 2 is 1.52 bits per heavy atom. The van der Waals surface area contributed by atoms with Gasteiger partial charge in [0.05, 0.1) is 0 Å². The van der Waals surface area contributed by atoms with Gasteiger partial charge in [-0.2, -0.15) is 0 Å². The van der Waals surface area contributed by atoms with Crippen molar-refractivity contribution < 1.29 is 19.0 Å². The van der Waals surface area contributed by atoms with Crippen LogP contribution in [0.5, 0.6) is 5.75 Å². The molecule has 3 rings (SSSR count). The second kappa shape index (κ2) is 7.62. The maximum absolute atomic E-state index is 13.9. The zero-order valence-corrected chi connectivity index (χ0v) is 13.5. The fourth-order valence-electron chi connectivity index (χ4n) is 2.66. The number of hydrogen-bond donors (Lipinski definition) is 1. The van der Waals surface area contributed by atoms with Crippen LogP contribution in [0.3, 0.4) is 0 Å². The van der Waals surface area contributed by atoms with E-state index >= 15 is 0 Å². The molecule has 126 valence electrons. The van der Waals surface area contributed by atoms with Gasteiger partial charge in [-0.15, -0.1) is 0 Å². The summed E-state index contributed by atoms with van der Waals surface area (Å²) in [6.07, 6.45) is 0.392. The van der Waals surface area contributed by atoms with Crippen molar-refractivity contribution in [1.29, 1.82) is 0 Å². The van der Waals surface area contributed by atoms with Crippen molar-refractivity contribution in [3.63, 3.8) is 0 Å². The molecule has 0 saturated carbocycles. The average molecular weight is 336 g/mol. The third-order valence-corrected chi connectivity index (χ3v) is 3.82. The molecule has 0 amide bonds. The van der Waals surface area contributed by atoms with Gasteiger partial charge in [0.1, 0.15) is 23.7 Å². The van der Waals surface area contributed by atoms with Crippen LogP contribution in [0.15, 0.2) is 72.8 Å². The molecule has 0 atom stereocenters. The summed E-state index contributed by atoms with van der Waals surface area (Å²) in [5, 5.41) is 9.43. The second-order valence-corrected chi connectivity index (χ2v) is 5.68. The first-order valence-corrected chi connectivity index (χ1v) is 7.90. The predicted molar refractivity (Wildman–Crippen MR) is 93.4 cm³/mol. The Bertz CT molecular complexity index is 861. The van der Waals surface area contributed by atoms with Crippen LogP contribution in [-0.2, 0) is 13.0 Å². The standard InChI is InChI=1S/C21H17FO3/c22-18-12-17(11-15-7-3-1-4-8-15)20(19(13-18)21(23)24)25-14-16-9-5-2-6-10-16/h1-10,12-13H,11,14H2,(H,23,24). The molecule has 0 bridgehead atoms. The minimum absolute atomic E-state index is 0.165. The molecule has 3 aromatic carbocycles. The molecule has 0 heterocycles. The van der Waals surface area contributed by atoms with Gasteiger partial charge in [-0.1, -0.05) is 60.7 Å². The lowest BCUT2D eigenvalue weighted by atomic mass is 10.0. The number of aromatic carboxylic acids is 1. The van der Waals surface area contributed by atoms with E-state index in [4.69, 9.17) is 4.74 Å². The molecule has 0 aliphatic rings. The van der Waals surface area contributed by atoms with E-state index in [0.29, 0.717) is 12.0 Å². The lowest BCUT2D eigenvalue weighted by Crippen LogP contribution is -2.08. The predicted octanol–water partition coefficient (Wildman–Crippen LogP) is 4.69. The number of carbonyl (C=O) groups is 1. The summed E-state index contributed by atoms with van der Waals surface area (Å²) in [5.74, 6) is -1.59. The van der Waals surface area contributed by atoms with Crippen LogP contribution in [-0.4, -0.2) is 11.1 Å². The zero-order valence-electron chi connectivity index (χ0n) is 13.5. The van der Waals surface area contributed by atoms with Gasteiger partial charge >= 0.3 is 5.97 Å². The summed E-state index contributed by atoms with van der Waals surface area (Å²) in [6.45, 7) is 0.217. The number of carboxylic acids is 1. The highest BCUT2D eigenvalue weighted by Crippen LogP contribution is 2.29. The molecule has 0 aliphatic heterocycles. The van der Waals surface area contributed by atoms with Gasteiger partial charge in [0.25, 0.3) is 0 Å². The summed E-state index contributed by atoms with van der Waals surface area (Å²) in [5.41, 5.74) is 2.21. The summed E-state index contributed by atoms with van der Waals surface area (Å²) >= 11 is 0. The van der Waals surface area contributed by atoms with Crippen molar-refractivity contribution in [2.24, 2.45) is 0 Å². The van der Waals surface area contributed by atoms with Gasteiger partial charge in [-0.3, -0.25) is 0 Å². The Balaban J connectivity index is 1.96. The van der Waals surface area contributed by atoms with Gasteiger partial charge in [-0.25, -0.2) is 9.18 Å². The molecular formula is C21H17FO3. The van der Waals surface area contributed by atoms with E-state index in [0.717, 1.165) is 17.2 Å². The van der Waals surface area contributed by atoms with Crippen LogP contribution < -0.4 is 4.74 Å². The van der Waals surface area contributed by atoms with Gasteiger partial charge in [0, 0.05) is 12.0 Å². The molecule has 3 aromatic rings. The Hall–Kier alpha value is -3.14. The maximum atomic E-state index is 13.9. The van der Waals surface area contributed by atoms with Gasteiger partial charge in [0.2, 0.25) is 0 Å². The minimum atomic E-state index is -1.21. The molecule has 0 spiro atoms. The lowest BCUT2D eigenvalue weighted by molar-refractivity contribution is 0.0691. The van der Waals surface area contributed by atoms with E-state index in [1.165, 1.54) is 6.07 Å². The Morgan fingerprint density at radius 1 is 0.920 bits per heavy atom. The molecule has 0 saturated heterocycles. The SMILES string of the molecule is O=C(O)c1cc(F)cc(Cc2ccccc2)c1OCc1ccccc1. The molecule has 0 unspecified atom stereocenters. The van der Waals surface area contributed by atoms with Crippen LogP contribution in [0.25, 0.3) is 0 Å². The largest absolute Gasteiger partial charge is 0.488 e. The van der Waals surface area contributed by atoms with Crippen LogP contribution >= 0.6 is 0 Å². The van der Waals surface area contributed by atoms with Crippen molar-refractivity contribution in [3.05, 3.63) is 101 Å². The van der Waals surface area contributed by atoms with Gasteiger partial charge in [0.15, 0.2) is 0 Å². The molecule has 1 N–H and O–H groups in total. The molecule has 25 heavy (non-hydrogen) atoms. The van der Waals surface area contributed by atoms with E-state index in [9.17, 15) is 14.3 Å². The lowest BCUT2D eigenvalue weighted by Gasteiger charge is -2.15. The van der Waals surface area contributed by atoms with Crippen molar-refractivity contribution >= 4 is 5.97 Å². The van der Waals surface area contributed by atoms with Crippen molar-refractivity contribution in [2.75, 3.05) is 0 Å². The Kier molecular flexibility index (Phi) is 5.09. The quantitative estimate of drug-likeness (QED) is 0.710. The molecule has 0 fully saturated rings. The molecule has 4 heteroatoms. The summed E-state index contributed by atoms with van der Waals surface area (Å²) in [4.78, 5) is 11.5. The van der Waals surface area contributed by atoms with Crippen molar-refractivity contribution in [3.8, 4) is 5.75 Å². The number of hydrogen-bond acceptors (Lipinski definition) is 2.